The van der Waals surface area contributed by atoms with E-state index in [0.29, 0.717) is 10.9 Å². The van der Waals surface area contributed by atoms with Gasteiger partial charge in [-0.1, -0.05) is 18.7 Å². The maximum atomic E-state index is 8.77. The van der Waals surface area contributed by atoms with E-state index in [4.69, 9.17) is 5.26 Å². The smallest absolute Gasteiger partial charge is 0.208 e. The Hall–Kier alpha value is -1.06. The highest BCUT2D eigenvalue weighted by Crippen LogP contribution is 2.12. The summed E-state index contributed by atoms with van der Waals surface area (Å²) < 4.78 is 0. The molecule has 0 saturated carbocycles. The minimum atomic E-state index is -0.135. The second-order valence-electron chi connectivity index (χ2n) is 2.75. The molecule has 0 bridgehead atoms. The van der Waals surface area contributed by atoms with Crippen molar-refractivity contribution < 1.29 is 0 Å². The molecule has 14 heavy (non-hydrogen) atoms. The van der Waals surface area contributed by atoms with Crippen molar-refractivity contribution in [1.82, 2.24) is 20.5 Å². The minimum Gasteiger partial charge on any atom is -0.302 e. The van der Waals surface area contributed by atoms with E-state index in [1.807, 2.05) is 13.8 Å². The van der Waals surface area contributed by atoms with Crippen molar-refractivity contribution in [2.45, 2.75) is 25.0 Å². The first-order valence-electron chi connectivity index (χ1n) is 4.41. The number of thioether (sulfide) groups is 1. The van der Waals surface area contributed by atoms with Crippen LogP contribution in [-0.2, 0) is 0 Å². The number of H-pyrrole nitrogens is 1. The van der Waals surface area contributed by atoms with E-state index in [9.17, 15) is 0 Å². The van der Waals surface area contributed by atoms with E-state index in [0.717, 1.165) is 12.4 Å². The van der Waals surface area contributed by atoms with Crippen LogP contribution in [0.4, 0.5) is 0 Å². The second kappa shape index (κ2) is 5.62. The molecule has 1 aromatic heterocycles. The molecule has 0 aliphatic heterocycles. The van der Waals surface area contributed by atoms with Crippen LogP contribution in [0.5, 0.6) is 0 Å². The predicted octanol–water partition coefficient (Wildman–Crippen LogP) is 0.707. The molecule has 0 radical (unpaired) electrons. The normalized spacial score (nSPS) is 12.4. The van der Waals surface area contributed by atoms with E-state index in [-0.39, 0.29) is 6.04 Å². The third kappa shape index (κ3) is 3.36. The summed E-state index contributed by atoms with van der Waals surface area (Å²) in [7, 11) is 0. The number of nitriles is 1. The van der Waals surface area contributed by atoms with E-state index < -0.39 is 0 Å². The Morgan fingerprint density at radius 2 is 2.50 bits per heavy atom. The molecule has 1 atom stereocenters. The molecule has 1 unspecified atom stereocenters. The molecule has 5 nitrogen and oxygen atoms in total. The summed E-state index contributed by atoms with van der Waals surface area (Å²) in [6, 6.07) is 2.05. The summed E-state index contributed by atoms with van der Waals surface area (Å²) in [5.74, 6) is 1.46. The van der Waals surface area contributed by atoms with Crippen molar-refractivity contribution in [3.05, 3.63) is 5.82 Å². The number of aromatic amines is 1. The van der Waals surface area contributed by atoms with Gasteiger partial charge in [-0.2, -0.15) is 5.26 Å². The van der Waals surface area contributed by atoms with Crippen LogP contribution < -0.4 is 5.32 Å². The van der Waals surface area contributed by atoms with Gasteiger partial charge in [0.1, 0.15) is 11.9 Å². The van der Waals surface area contributed by atoms with Crippen LogP contribution in [0.2, 0.25) is 0 Å². The second-order valence-corrected chi connectivity index (χ2v) is 3.74. The number of hydrogen-bond donors (Lipinski definition) is 2. The zero-order valence-electron chi connectivity index (χ0n) is 8.24. The Kier molecular flexibility index (Phi) is 4.43. The maximum Gasteiger partial charge on any atom is 0.208 e. The number of aromatic nitrogens is 3. The fourth-order valence-corrected chi connectivity index (χ4v) is 1.75. The van der Waals surface area contributed by atoms with Crippen LogP contribution >= 0.6 is 11.8 Å². The van der Waals surface area contributed by atoms with Crippen LogP contribution in [0.1, 0.15) is 12.7 Å². The molecule has 0 spiro atoms. The molecule has 0 aromatic carbocycles. The highest BCUT2D eigenvalue weighted by Gasteiger charge is 2.08. The fraction of sp³-hybridized carbons (Fsp3) is 0.625. The molecule has 0 amide bonds. The summed E-state index contributed by atoms with van der Waals surface area (Å²) in [5.41, 5.74) is 0. The number of nitrogens with one attached hydrogen (secondary N) is 2. The van der Waals surface area contributed by atoms with Crippen LogP contribution in [0.25, 0.3) is 0 Å². The molecule has 0 saturated heterocycles. The van der Waals surface area contributed by atoms with Gasteiger partial charge in [0.2, 0.25) is 5.16 Å². The van der Waals surface area contributed by atoms with Crippen molar-refractivity contribution in [3.63, 3.8) is 0 Å². The lowest BCUT2D eigenvalue weighted by Gasteiger charge is -2.06. The lowest BCUT2D eigenvalue weighted by molar-refractivity contribution is 0.677. The molecular weight excluding hydrogens is 198 g/mol. The highest BCUT2D eigenvalue weighted by molar-refractivity contribution is 7.99. The Morgan fingerprint density at radius 1 is 1.71 bits per heavy atom. The SMILES string of the molecule is CCNC(C#N)CSc1n[nH]c(C)n1. The lowest BCUT2D eigenvalue weighted by atomic mass is 10.4. The van der Waals surface area contributed by atoms with Gasteiger partial charge in [0.25, 0.3) is 0 Å². The van der Waals surface area contributed by atoms with Crippen molar-refractivity contribution in [3.8, 4) is 6.07 Å². The molecule has 76 valence electrons. The van der Waals surface area contributed by atoms with Crippen molar-refractivity contribution in [2.24, 2.45) is 0 Å². The molecule has 6 heteroatoms. The number of rotatable bonds is 5. The Bertz CT molecular complexity index is 316. The molecular formula is C8H13N5S. The Balaban J connectivity index is 2.36. The summed E-state index contributed by atoms with van der Waals surface area (Å²) in [6.45, 7) is 4.63. The van der Waals surface area contributed by atoms with Crippen LogP contribution in [0, 0.1) is 18.3 Å². The lowest BCUT2D eigenvalue weighted by Crippen LogP contribution is -2.29. The van der Waals surface area contributed by atoms with Crippen LogP contribution in [0.3, 0.4) is 0 Å². The number of nitrogens with zero attached hydrogens (tertiary/aromatic N) is 3. The van der Waals surface area contributed by atoms with Crippen molar-refractivity contribution in [2.75, 3.05) is 12.3 Å². The van der Waals surface area contributed by atoms with E-state index in [1.165, 1.54) is 11.8 Å². The molecule has 1 heterocycles. The summed E-state index contributed by atoms with van der Waals surface area (Å²) in [5, 5.41) is 19.3. The summed E-state index contributed by atoms with van der Waals surface area (Å²) in [4.78, 5) is 4.14. The molecule has 1 aromatic rings. The van der Waals surface area contributed by atoms with Gasteiger partial charge >= 0.3 is 0 Å². The minimum absolute atomic E-state index is 0.135. The fourth-order valence-electron chi connectivity index (χ4n) is 0.933. The average Bonchev–Trinajstić information content (AvgIpc) is 2.59. The van der Waals surface area contributed by atoms with Gasteiger partial charge < -0.3 is 5.32 Å². The Labute approximate surface area is 87.3 Å². The van der Waals surface area contributed by atoms with Crippen molar-refractivity contribution >= 4 is 11.8 Å². The molecule has 1 rings (SSSR count). The zero-order valence-corrected chi connectivity index (χ0v) is 9.06. The van der Waals surface area contributed by atoms with Gasteiger partial charge in [-0.3, -0.25) is 5.10 Å². The van der Waals surface area contributed by atoms with Crippen molar-refractivity contribution in [1.29, 1.82) is 5.26 Å². The molecule has 2 N–H and O–H groups in total. The third-order valence-corrected chi connectivity index (χ3v) is 2.50. The largest absolute Gasteiger partial charge is 0.302 e. The van der Waals surface area contributed by atoms with E-state index in [2.05, 4.69) is 26.6 Å². The summed E-state index contributed by atoms with van der Waals surface area (Å²) in [6.07, 6.45) is 0. The van der Waals surface area contributed by atoms with E-state index in [1.54, 1.807) is 0 Å². The third-order valence-electron chi connectivity index (χ3n) is 1.56. The zero-order chi connectivity index (χ0) is 10.4. The number of hydrogen-bond acceptors (Lipinski definition) is 5. The molecule has 0 fully saturated rings. The maximum absolute atomic E-state index is 8.77. The van der Waals surface area contributed by atoms with Gasteiger partial charge in [0.05, 0.1) is 6.07 Å². The van der Waals surface area contributed by atoms with Crippen LogP contribution in [-0.4, -0.2) is 33.5 Å². The quantitative estimate of drug-likeness (QED) is 0.701. The standard InChI is InChI=1S/C8H13N5S/c1-3-10-7(4-9)5-14-8-11-6(2)12-13-8/h7,10H,3,5H2,1-2H3,(H,11,12,13). The average molecular weight is 211 g/mol. The monoisotopic (exact) mass is 211 g/mol. The first kappa shape index (κ1) is 11.0. The van der Waals surface area contributed by atoms with Gasteiger partial charge in [0.15, 0.2) is 0 Å². The molecule has 0 aliphatic carbocycles. The topological polar surface area (TPSA) is 77.4 Å². The van der Waals surface area contributed by atoms with E-state index >= 15 is 0 Å². The number of aryl methyl sites for hydroxylation is 1. The summed E-state index contributed by atoms with van der Waals surface area (Å²) >= 11 is 1.48. The molecule has 0 aliphatic rings. The van der Waals surface area contributed by atoms with Gasteiger partial charge in [-0.05, 0) is 13.5 Å². The van der Waals surface area contributed by atoms with Gasteiger partial charge in [-0.15, -0.1) is 5.10 Å². The van der Waals surface area contributed by atoms with Gasteiger partial charge in [0, 0.05) is 5.75 Å². The predicted molar refractivity (Wildman–Crippen MR) is 54.9 cm³/mol. The first-order chi connectivity index (χ1) is 6.76. The van der Waals surface area contributed by atoms with Crippen LogP contribution in [0.15, 0.2) is 5.16 Å². The first-order valence-corrected chi connectivity index (χ1v) is 5.39. The Morgan fingerprint density at radius 3 is 3.00 bits per heavy atom. The van der Waals surface area contributed by atoms with Gasteiger partial charge in [-0.25, -0.2) is 4.98 Å². The highest BCUT2D eigenvalue weighted by atomic mass is 32.2.